The van der Waals surface area contributed by atoms with E-state index in [-0.39, 0.29) is 12.8 Å². The van der Waals surface area contributed by atoms with E-state index < -0.39 is 57.6 Å². The summed E-state index contributed by atoms with van der Waals surface area (Å²) < 4.78 is 26.9. The molecule has 356 valence electrons. The molecule has 3 atom stereocenters. The smallest absolute Gasteiger partial charge is 0.472 e. The van der Waals surface area contributed by atoms with Crippen molar-refractivity contribution in [2.45, 2.75) is 206 Å². The van der Waals surface area contributed by atoms with Crippen LogP contribution in [0.5, 0.6) is 0 Å². The average Bonchev–Trinajstić information content (AvgIpc) is 3.25. The minimum atomic E-state index is -4.78. The van der Waals surface area contributed by atoms with Gasteiger partial charge in [0, 0.05) is 12.8 Å². The molecule has 0 aliphatic carbocycles. The predicted octanol–water partition coefficient (Wildman–Crippen LogP) is 12.9. The minimum absolute atomic E-state index is 0.0641. The molecule has 62 heavy (non-hydrogen) atoms. The number of carboxylic acids is 1. The van der Waals surface area contributed by atoms with E-state index in [0.29, 0.717) is 19.3 Å². The van der Waals surface area contributed by atoms with Gasteiger partial charge < -0.3 is 25.2 Å². The highest BCUT2D eigenvalue weighted by atomic mass is 31.2. The molecule has 0 rings (SSSR count). The van der Waals surface area contributed by atoms with Crippen molar-refractivity contribution in [2.75, 3.05) is 19.8 Å². The number of hydrogen-bond acceptors (Lipinski definition) is 8. The maximum atomic E-state index is 12.3. The zero-order valence-electron chi connectivity index (χ0n) is 38.6. The second kappa shape index (κ2) is 44.5. The molecular formula is C50H86NO10P. The quantitative estimate of drug-likeness (QED) is 0.0200. The number of amides is 1. The Balaban J connectivity index is 3.91. The van der Waals surface area contributed by atoms with Crippen LogP contribution >= 0.6 is 7.82 Å². The lowest BCUT2D eigenvalue weighted by Crippen LogP contribution is -2.43. The van der Waals surface area contributed by atoms with Crippen LogP contribution in [0.25, 0.3) is 0 Å². The van der Waals surface area contributed by atoms with Gasteiger partial charge in [-0.1, -0.05) is 177 Å². The van der Waals surface area contributed by atoms with Crippen molar-refractivity contribution >= 4 is 25.7 Å². The highest BCUT2D eigenvalue weighted by Crippen LogP contribution is 2.43. The van der Waals surface area contributed by atoms with Crippen molar-refractivity contribution in [1.82, 2.24) is 5.32 Å². The fourth-order valence-corrected chi connectivity index (χ4v) is 7.06. The summed E-state index contributed by atoms with van der Waals surface area (Å²) in [4.78, 5) is 46.0. The summed E-state index contributed by atoms with van der Waals surface area (Å²) in [5.41, 5.74) is 0. The molecule has 0 radical (unpaired) electrons. The molecule has 12 heteroatoms. The number of aliphatic hydroxyl groups is 1. The summed E-state index contributed by atoms with van der Waals surface area (Å²) in [6.45, 7) is 2.44. The molecule has 0 aromatic heterocycles. The van der Waals surface area contributed by atoms with Crippen LogP contribution in [0.2, 0.25) is 0 Å². The first-order valence-corrected chi connectivity index (χ1v) is 25.5. The minimum Gasteiger partial charge on any atom is -0.480 e. The van der Waals surface area contributed by atoms with Crippen LogP contribution in [0.4, 0.5) is 0 Å². The van der Waals surface area contributed by atoms with E-state index >= 15 is 0 Å². The van der Waals surface area contributed by atoms with Crippen molar-refractivity contribution < 1.29 is 47.8 Å². The molecule has 0 aromatic carbocycles. The number of carbonyl (C=O) groups is 3. The Morgan fingerprint density at radius 2 is 0.952 bits per heavy atom. The van der Waals surface area contributed by atoms with Gasteiger partial charge in [-0.25, -0.2) is 9.36 Å². The van der Waals surface area contributed by atoms with Gasteiger partial charge in [0.2, 0.25) is 5.91 Å². The Morgan fingerprint density at radius 3 is 1.45 bits per heavy atom. The number of rotatable bonds is 44. The molecule has 0 aromatic rings. The third kappa shape index (κ3) is 43.6. The maximum absolute atomic E-state index is 12.3. The number of ether oxygens (including phenoxy) is 1. The van der Waals surface area contributed by atoms with Crippen LogP contribution in [0.15, 0.2) is 72.9 Å². The van der Waals surface area contributed by atoms with Crippen molar-refractivity contribution in [3.63, 3.8) is 0 Å². The molecule has 0 spiro atoms. The van der Waals surface area contributed by atoms with Gasteiger partial charge in [-0.2, -0.15) is 0 Å². The lowest BCUT2D eigenvalue weighted by molar-refractivity contribution is -0.147. The van der Waals surface area contributed by atoms with Crippen LogP contribution in [0.3, 0.4) is 0 Å². The highest BCUT2D eigenvalue weighted by molar-refractivity contribution is 7.47. The largest absolute Gasteiger partial charge is 0.480 e. The Bertz CT molecular complexity index is 1320. The van der Waals surface area contributed by atoms with Crippen molar-refractivity contribution in [2.24, 2.45) is 0 Å². The van der Waals surface area contributed by atoms with Gasteiger partial charge >= 0.3 is 19.8 Å². The number of unbranched alkanes of at least 4 members (excludes halogenated alkanes) is 18. The van der Waals surface area contributed by atoms with Gasteiger partial charge in [-0.15, -0.1) is 0 Å². The number of phosphoric acid groups is 1. The predicted molar refractivity (Wildman–Crippen MR) is 254 cm³/mol. The van der Waals surface area contributed by atoms with Gasteiger partial charge in [0.15, 0.2) is 6.04 Å². The topological polar surface area (TPSA) is 169 Å². The summed E-state index contributed by atoms with van der Waals surface area (Å²) in [7, 11) is -4.78. The molecular weight excluding hydrogens is 806 g/mol. The van der Waals surface area contributed by atoms with E-state index in [0.717, 1.165) is 51.4 Å². The van der Waals surface area contributed by atoms with Gasteiger partial charge in [0.1, 0.15) is 12.7 Å². The van der Waals surface area contributed by atoms with E-state index in [1.54, 1.807) is 0 Å². The molecule has 0 heterocycles. The number of aliphatic hydroxyl groups excluding tert-OH is 1. The van der Waals surface area contributed by atoms with Crippen LogP contribution in [-0.4, -0.2) is 64.9 Å². The monoisotopic (exact) mass is 892 g/mol. The standard InChI is InChI=1S/C50H86NO10P/c1-3-5-7-9-11-13-15-17-19-21-22-23-24-26-28-30-32-34-36-38-40-42-49(54)59-43-46(52)44-60-62(57,58)61-45-47(50(55)56)51-48(53)41-39-37-35-33-31-29-27-25-20-18-16-14-12-10-8-6-4-2/h6,8,12,14,17-20,27,29,33,35,46-47,52H,3-5,7,9-11,13,15-16,21-26,28,30-32,34,36-45H2,1-2H3,(H,51,53)(H,55,56)(H,57,58)/b8-6-,14-12-,19-17+,20-18-,29-27-,35-33-. The molecule has 0 aliphatic heterocycles. The number of esters is 1. The van der Waals surface area contributed by atoms with Crippen LogP contribution in [-0.2, 0) is 32.7 Å². The SMILES string of the molecule is CC/C=C\C/C=C\C/C=C\C/C=C\C/C=C\CCCC(=O)NC(COP(=O)(O)OCC(O)COC(=O)CCCCCCCCCCCCC/C=C/CCCCCCCC)C(=O)O. The number of carboxylic acid groups (broad SMARTS) is 1. The first-order chi connectivity index (χ1) is 30.1. The molecule has 1 amide bonds. The molecule has 0 saturated heterocycles. The van der Waals surface area contributed by atoms with Crippen LogP contribution in [0, 0.1) is 0 Å². The first kappa shape index (κ1) is 58.9. The van der Waals surface area contributed by atoms with E-state index in [9.17, 15) is 34.1 Å². The Morgan fingerprint density at radius 1 is 0.532 bits per heavy atom. The van der Waals surface area contributed by atoms with E-state index in [1.807, 2.05) is 12.2 Å². The normalized spacial score (nSPS) is 14.3. The van der Waals surface area contributed by atoms with Crippen LogP contribution in [0.1, 0.15) is 194 Å². The number of hydrogen-bond donors (Lipinski definition) is 4. The zero-order chi connectivity index (χ0) is 45.6. The summed E-state index contributed by atoms with van der Waals surface area (Å²) in [6, 6.07) is -1.58. The zero-order valence-corrected chi connectivity index (χ0v) is 39.5. The number of phosphoric ester groups is 1. The molecule has 0 aliphatic rings. The fraction of sp³-hybridized carbons (Fsp3) is 0.700. The van der Waals surface area contributed by atoms with E-state index in [1.165, 1.54) is 96.3 Å². The van der Waals surface area contributed by atoms with Gasteiger partial charge in [0.05, 0.1) is 13.2 Å². The number of allylic oxidation sites excluding steroid dienone is 12. The molecule has 0 bridgehead atoms. The first-order valence-electron chi connectivity index (χ1n) is 24.0. The third-order valence-electron chi connectivity index (χ3n) is 9.98. The van der Waals surface area contributed by atoms with Crippen molar-refractivity contribution in [3.8, 4) is 0 Å². The Kier molecular flexibility index (Phi) is 42.3. The molecule has 0 saturated carbocycles. The highest BCUT2D eigenvalue weighted by Gasteiger charge is 2.28. The van der Waals surface area contributed by atoms with Crippen molar-refractivity contribution in [1.29, 1.82) is 0 Å². The average molecular weight is 892 g/mol. The summed E-state index contributed by atoms with van der Waals surface area (Å²) in [5.74, 6) is -2.46. The molecule has 3 unspecified atom stereocenters. The summed E-state index contributed by atoms with van der Waals surface area (Å²) in [5, 5.41) is 21.8. The molecule has 0 fully saturated rings. The molecule has 4 N–H and O–H groups in total. The fourth-order valence-electron chi connectivity index (χ4n) is 6.29. The maximum Gasteiger partial charge on any atom is 0.472 e. The van der Waals surface area contributed by atoms with Gasteiger partial charge in [0.25, 0.3) is 0 Å². The lowest BCUT2D eigenvalue weighted by Gasteiger charge is -2.18. The number of aliphatic carboxylic acids is 1. The Labute approximate surface area is 376 Å². The van der Waals surface area contributed by atoms with Crippen LogP contribution < -0.4 is 5.32 Å². The summed E-state index contributed by atoms with van der Waals surface area (Å²) >= 11 is 0. The van der Waals surface area contributed by atoms with E-state index in [4.69, 9.17) is 13.8 Å². The summed E-state index contributed by atoms with van der Waals surface area (Å²) in [6.07, 6.45) is 53.7. The Hall–Kier alpha value is -3.08. The second-order valence-electron chi connectivity index (χ2n) is 15.9. The number of carbonyl (C=O) groups excluding carboxylic acids is 2. The van der Waals surface area contributed by atoms with E-state index in [2.05, 4.69) is 79.9 Å². The lowest BCUT2D eigenvalue weighted by atomic mass is 10.0. The van der Waals surface area contributed by atoms with Gasteiger partial charge in [-0.3, -0.25) is 18.6 Å². The third-order valence-corrected chi connectivity index (χ3v) is 10.9. The number of nitrogens with one attached hydrogen (secondary N) is 1. The van der Waals surface area contributed by atoms with Gasteiger partial charge in [-0.05, 0) is 77.0 Å². The second-order valence-corrected chi connectivity index (χ2v) is 17.4. The molecule has 11 nitrogen and oxygen atoms in total. The van der Waals surface area contributed by atoms with Crippen molar-refractivity contribution in [3.05, 3.63) is 72.9 Å².